The Bertz CT molecular complexity index is 516. The topological polar surface area (TPSA) is 37.8 Å². The number of anilines is 1. The number of hydrogen-bond donors (Lipinski definition) is 1. The Labute approximate surface area is 97.3 Å². The van der Waals surface area contributed by atoms with Crippen molar-refractivity contribution in [1.82, 2.24) is 9.97 Å². The zero-order valence-electron chi connectivity index (χ0n) is 8.54. The van der Waals surface area contributed by atoms with Gasteiger partial charge in [0.2, 0.25) is 5.95 Å². The summed E-state index contributed by atoms with van der Waals surface area (Å²) >= 11 is 5.68. The van der Waals surface area contributed by atoms with Crippen molar-refractivity contribution in [3.63, 3.8) is 0 Å². The summed E-state index contributed by atoms with van der Waals surface area (Å²) in [6, 6.07) is 6.13. The second kappa shape index (κ2) is 4.45. The molecule has 0 bridgehead atoms. The predicted molar refractivity (Wildman–Crippen MR) is 62.0 cm³/mol. The highest BCUT2D eigenvalue weighted by atomic mass is 35.5. The smallest absolute Gasteiger partial charge is 0.222 e. The van der Waals surface area contributed by atoms with Crippen LogP contribution in [0.4, 0.5) is 10.3 Å². The molecule has 1 aromatic heterocycles. The summed E-state index contributed by atoms with van der Waals surface area (Å²) in [4.78, 5) is 8.11. The van der Waals surface area contributed by atoms with Crippen LogP contribution in [0.25, 0.3) is 11.3 Å². The molecule has 0 spiro atoms. The van der Waals surface area contributed by atoms with Gasteiger partial charge in [0.1, 0.15) is 5.82 Å². The SMILES string of the molecule is CNc1nccc(-c2ccc(Cl)cc2F)n1. The minimum atomic E-state index is -0.395. The molecule has 0 unspecified atom stereocenters. The van der Waals surface area contributed by atoms with Gasteiger partial charge in [0.25, 0.3) is 0 Å². The maximum absolute atomic E-state index is 13.6. The highest BCUT2D eigenvalue weighted by Crippen LogP contribution is 2.23. The van der Waals surface area contributed by atoms with Gasteiger partial charge in [-0.05, 0) is 24.3 Å². The molecule has 1 heterocycles. The van der Waals surface area contributed by atoms with E-state index in [4.69, 9.17) is 11.6 Å². The van der Waals surface area contributed by atoms with E-state index < -0.39 is 5.82 Å². The Morgan fingerprint density at radius 2 is 2.12 bits per heavy atom. The molecule has 0 saturated heterocycles. The fourth-order valence-corrected chi connectivity index (χ4v) is 1.49. The van der Waals surface area contributed by atoms with Crippen LogP contribution < -0.4 is 5.32 Å². The first kappa shape index (κ1) is 10.8. The van der Waals surface area contributed by atoms with Crippen LogP contribution in [-0.4, -0.2) is 17.0 Å². The molecule has 0 atom stereocenters. The van der Waals surface area contributed by atoms with E-state index in [1.807, 2.05) is 0 Å². The normalized spacial score (nSPS) is 10.2. The van der Waals surface area contributed by atoms with E-state index in [1.165, 1.54) is 6.07 Å². The van der Waals surface area contributed by atoms with Crippen molar-refractivity contribution in [2.24, 2.45) is 0 Å². The van der Waals surface area contributed by atoms with Gasteiger partial charge in [-0.1, -0.05) is 11.6 Å². The third kappa shape index (κ3) is 2.12. The van der Waals surface area contributed by atoms with E-state index in [0.29, 0.717) is 22.2 Å². The van der Waals surface area contributed by atoms with Gasteiger partial charge in [0.05, 0.1) is 5.69 Å². The van der Waals surface area contributed by atoms with E-state index in [2.05, 4.69) is 15.3 Å². The van der Waals surface area contributed by atoms with Gasteiger partial charge in [0.15, 0.2) is 0 Å². The van der Waals surface area contributed by atoms with E-state index in [-0.39, 0.29) is 0 Å². The van der Waals surface area contributed by atoms with Crippen LogP contribution in [-0.2, 0) is 0 Å². The summed E-state index contributed by atoms with van der Waals surface area (Å²) in [5, 5.41) is 3.16. The maximum atomic E-state index is 13.6. The van der Waals surface area contributed by atoms with Crippen molar-refractivity contribution < 1.29 is 4.39 Å². The average Bonchev–Trinajstić information content (AvgIpc) is 2.29. The second-order valence-electron chi connectivity index (χ2n) is 3.14. The second-order valence-corrected chi connectivity index (χ2v) is 3.58. The molecule has 0 aliphatic carbocycles. The molecular formula is C11H9ClFN3. The van der Waals surface area contributed by atoms with Crippen molar-refractivity contribution in [2.45, 2.75) is 0 Å². The van der Waals surface area contributed by atoms with Gasteiger partial charge in [-0.15, -0.1) is 0 Å². The molecule has 5 heteroatoms. The summed E-state index contributed by atoms with van der Waals surface area (Å²) in [5.74, 6) is 0.0557. The highest BCUT2D eigenvalue weighted by Gasteiger charge is 2.07. The summed E-state index contributed by atoms with van der Waals surface area (Å²) in [7, 11) is 1.71. The summed E-state index contributed by atoms with van der Waals surface area (Å²) in [6.45, 7) is 0. The van der Waals surface area contributed by atoms with Gasteiger partial charge in [-0.25, -0.2) is 14.4 Å². The van der Waals surface area contributed by atoms with Crippen LogP contribution in [0.15, 0.2) is 30.5 Å². The highest BCUT2D eigenvalue weighted by molar-refractivity contribution is 6.30. The number of halogens is 2. The lowest BCUT2D eigenvalue weighted by Crippen LogP contribution is -1.97. The quantitative estimate of drug-likeness (QED) is 0.873. The van der Waals surface area contributed by atoms with Crippen LogP contribution in [0.1, 0.15) is 0 Å². The molecule has 2 aromatic rings. The summed E-state index contributed by atoms with van der Waals surface area (Å²) < 4.78 is 13.6. The van der Waals surface area contributed by atoms with Gasteiger partial charge in [0, 0.05) is 23.8 Å². The molecule has 1 N–H and O–H groups in total. The molecule has 1 aromatic carbocycles. The van der Waals surface area contributed by atoms with Gasteiger partial charge < -0.3 is 5.32 Å². The zero-order valence-corrected chi connectivity index (χ0v) is 9.29. The Morgan fingerprint density at radius 1 is 1.31 bits per heavy atom. The van der Waals surface area contributed by atoms with Crippen molar-refractivity contribution in [2.75, 3.05) is 12.4 Å². The summed E-state index contributed by atoms with van der Waals surface area (Å²) in [6.07, 6.45) is 1.57. The number of hydrogen-bond acceptors (Lipinski definition) is 3. The number of benzene rings is 1. The third-order valence-corrected chi connectivity index (χ3v) is 2.32. The van der Waals surface area contributed by atoms with E-state index in [1.54, 1.807) is 31.4 Å². The van der Waals surface area contributed by atoms with Gasteiger partial charge in [-0.2, -0.15) is 0 Å². The third-order valence-electron chi connectivity index (χ3n) is 2.09. The van der Waals surface area contributed by atoms with E-state index >= 15 is 0 Å². The summed E-state index contributed by atoms with van der Waals surface area (Å²) in [5.41, 5.74) is 0.928. The molecule has 0 radical (unpaired) electrons. The average molecular weight is 238 g/mol. The standard InChI is InChI=1S/C11H9ClFN3/c1-14-11-15-5-4-10(16-11)8-3-2-7(12)6-9(8)13/h2-6H,1H3,(H,14,15,16). The number of nitrogens with one attached hydrogen (secondary N) is 1. The number of nitrogens with zero attached hydrogens (tertiary/aromatic N) is 2. The Kier molecular flexibility index (Phi) is 3.01. The molecule has 0 amide bonds. The van der Waals surface area contributed by atoms with Crippen LogP contribution >= 0.6 is 11.6 Å². The number of rotatable bonds is 2. The molecule has 2 rings (SSSR count). The maximum Gasteiger partial charge on any atom is 0.222 e. The molecule has 16 heavy (non-hydrogen) atoms. The minimum absolute atomic E-state index is 0.365. The molecule has 0 aliphatic heterocycles. The molecular weight excluding hydrogens is 229 g/mol. The van der Waals surface area contributed by atoms with Crippen LogP contribution in [0, 0.1) is 5.82 Å². The van der Waals surface area contributed by atoms with Crippen molar-refractivity contribution in [1.29, 1.82) is 0 Å². The molecule has 0 fully saturated rings. The lowest BCUT2D eigenvalue weighted by atomic mass is 10.1. The van der Waals surface area contributed by atoms with Crippen molar-refractivity contribution in [3.8, 4) is 11.3 Å². The minimum Gasteiger partial charge on any atom is -0.357 e. The van der Waals surface area contributed by atoms with Gasteiger partial charge >= 0.3 is 0 Å². The molecule has 0 saturated carbocycles. The fraction of sp³-hybridized carbons (Fsp3) is 0.0909. The first-order valence-corrected chi connectivity index (χ1v) is 5.04. The van der Waals surface area contributed by atoms with Crippen LogP contribution in [0.2, 0.25) is 5.02 Å². The Balaban J connectivity index is 2.49. The lowest BCUT2D eigenvalue weighted by Gasteiger charge is -2.04. The zero-order chi connectivity index (χ0) is 11.5. The van der Waals surface area contributed by atoms with E-state index in [9.17, 15) is 4.39 Å². The van der Waals surface area contributed by atoms with Crippen molar-refractivity contribution in [3.05, 3.63) is 41.3 Å². The Hall–Kier alpha value is -1.68. The van der Waals surface area contributed by atoms with Crippen LogP contribution in [0.3, 0.4) is 0 Å². The largest absolute Gasteiger partial charge is 0.357 e. The van der Waals surface area contributed by atoms with E-state index in [0.717, 1.165) is 0 Å². The van der Waals surface area contributed by atoms with Crippen molar-refractivity contribution >= 4 is 17.5 Å². The van der Waals surface area contributed by atoms with Crippen LogP contribution in [0.5, 0.6) is 0 Å². The Morgan fingerprint density at radius 3 is 2.81 bits per heavy atom. The fourth-order valence-electron chi connectivity index (χ4n) is 1.33. The predicted octanol–water partition coefficient (Wildman–Crippen LogP) is 2.98. The molecule has 3 nitrogen and oxygen atoms in total. The first-order chi connectivity index (χ1) is 7.70. The molecule has 0 aliphatic rings. The van der Waals surface area contributed by atoms with Gasteiger partial charge in [-0.3, -0.25) is 0 Å². The molecule has 82 valence electrons. The first-order valence-electron chi connectivity index (χ1n) is 4.67. The monoisotopic (exact) mass is 237 g/mol. The lowest BCUT2D eigenvalue weighted by molar-refractivity contribution is 0.631. The number of aromatic nitrogens is 2.